The molecule has 0 aromatic rings. The summed E-state index contributed by atoms with van der Waals surface area (Å²) in [5, 5.41) is 3.49. The van der Waals surface area contributed by atoms with E-state index < -0.39 is 0 Å². The molecule has 0 aliphatic carbocycles. The van der Waals surface area contributed by atoms with Gasteiger partial charge in [0.2, 0.25) is 0 Å². The lowest BCUT2D eigenvalue weighted by Crippen LogP contribution is -2.34. The first-order chi connectivity index (χ1) is 7.72. The van der Waals surface area contributed by atoms with Gasteiger partial charge in [-0.3, -0.25) is 0 Å². The predicted molar refractivity (Wildman–Crippen MR) is 66.8 cm³/mol. The van der Waals surface area contributed by atoms with Gasteiger partial charge in [-0.2, -0.15) is 0 Å². The van der Waals surface area contributed by atoms with Gasteiger partial charge in [0.05, 0.1) is 18.8 Å². The van der Waals surface area contributed by atoms with Crippen LogP contribution in [0.4, 0.5) is 0 Å². The Morgan fingerprint density at radius 3 is 2.88 bits per heavy atom. The molecule has 1 rings (SSSR count). The summed E-state index contributed by atoms with van der Waals surface area (Å²) in [6.07, 6.45) is 5.44. The topological polar surface area (TPSA) is 30.5 Å². The Kier molecular flexibility index (Phi) is 7.01. The molecule has 1 saturated heterocycles. The summed E-state index contributed by atoms with van der Waals surface area (Å²) in [6, 6.07) is 0.596. The molecule has 0 saturated carbocycles. The van der Waals surface area contributed by atoms with Crippen molar-refractivity contribution in [2.45, 2.75) is 64.7 Å². The fourth-order valence-corrected chi connectivity index (χ4v) is 2.01. The highest BCUT2D eigenvalue weighted by Crippen LogP contribution is 2.12. The molecular formula is C13H27NO2. The van der Waals surface area contributed by atoms with Crippen LogP contribution in [-0.4, -0.2) is 38.0 Å². The highest BCUT2D eigenvalue weighted by molar-refractivity contribution is 4.66. The van der Waals surface area contributed by atoms with E-state index in [2.05, 4.69) is 26.1 Å². The van der Waals surface area contributed by atoms with Crippen molar-refractivity contribution >= 4 is 0 Å². The molecule has 0 spiro atoms. The maximum Gasteiger partial charge on any atom is 0.0809 e. The van der Waals surface area contributed by atoms with E-state index in [1.54, 1.807) is 0 Å². The van der Waals surface area contributed by atoms with E-state index in [1.807, 2.05) is 0 Å². The first kappa shape index (κ1) is 13.9. The van der Waals surface area contributed by atoms with E-state index in [-0.39, 0.29) is 6.10 Å². The molecule has 1 N–H and O–H groups in total. The Labute approximate surface area is 99.9 Å². The summed E-state index contributed by atoms with van der Waals surface area (Å²) in [6.45, 7) is 9.18. The lowest BCUT2D eigenvalue weighted by atomic mass is 10.2. The summed E-state index contributed by atoms with van der Waals surface area (Å²) in [7, 11) is 0. The van der Waals surface area contributed by atoms with E-state index in [0.29, 0.717) is 12.1 Å². The van der Waals surface area contributed by atoms with Crippen molar-refractivity contribution < 1.29 is 9.47 Å². The minimum atomic E-state index is 0.281. The first-order valence-corrected chi connectivity index (χ1v) is 6.69. The number of rotatable bonds is 8. The van der Waals surface area contributed by atoms with Crippen molar-refractivity contribution in [3.05, 3.63) is 0 Å². The van der Waals surface area contributed by atoms with E-state index in [1.165, 1.54) is 19.3 Å². The summed E-state index contributed by atoms with van der Waals surface area (Å²) in [4.78, 5) is 0. The molecule has 1 fully saturated rings. The minimum absolute atomic E-state index is 0.281. The Morgan fingerprint density at radius 2 is 2.25 bits per heavy atom. The van der Waals surface area contributed by atoms with Crippen molar-refractivity contribution in [1.29, 1.82) is 0 Å². The van der Waals surface area contributed by atoms with E-state index in [0.717, 1.165) is 26.2 Å². The van der Waals surface area contributed by atoms with E-state index in [9.17, 15) is 0 Å². The van der Waals surface area contributed by atoms with E-state index >= 15 is 0 Å². The van der Waals surface area contributed by atoms with Crippen molar-refractivity contribution in [3.8, 4) is 0 Å². The normalized spacial score (nSPS) is 24.6. The highest BCUT2D eigenvalue weighted by Gasteiger charge is 2.16. The van der Waals surface area contributed by atoms with Crippen molar-refractivity contribution in [2.24, 2.45) is 0 Å². The smallest absolute Gasteiger partial charge is 0.0809 e. The Bertz CT molecular complexity index is 169. The van der Waals surface area contributed by atoms with E-state index in [4.69, 9.17) is 9.47 Å². The third-order valence-electron chi connectivity index (χ3n) is 3.07. The molecule has 1 heterocycles. The third kappa shape index (κ3) is 5.83. The average Bonchev–Trinajstić information content (AvgIpc) is 2.77. The van der Waals surface area contributed by atoms with Gasteiger partial charge in [-0.15, -0.1) is 0 Å². The van der Waals surface area contributed by atoms with Gasteiger partial charge in [0.15, 0.2) is 0 Å². The number of hydrogen-bond acceptors (Lipinski definition) is 3. The van der Waals surface area contributed by atoms with Crippen molar-refractivity contribution in [1.82, 2.24) is 5.32 Å². The molecule has 0 aromatic carbocycles. The average molecular weight is 229 g/mol. The number of ether oxygens (including phenoxy) is 2. The van der Waals surface area contributed by atoms with Gasteiger partial charge >= 0.3 is 0 Å². The van der Waals surface area contributed by atoms with Crippen LogP contribution in [0.15, 0.2) is 0 Å². The molecule has 0 aromatic heterocycles. The van der Waals surface area contributed by atoms with Gasteiger partial charge in [-0.1, -0.05) is 13.3 Å². The van der Waals surface area contributed by atoms with Gasteiger partial charge in [0.1, 0.15) is 0 Å². The molecular weight excluding hydrogens is 202 g/mol. The molecule has 3 nitrogen and oxygen atoms in total. The van der Waals surface area contributed by atoms with Crippen LogP contribution in [0.1, 0.15) is 46.5 Å². The van der Waals surface area contributed by atoms with Crippen LogP contribution in [0.3, 0.4) is 0 Å². The molecule has 3 unspecified atom stereocenters. The molecule has 1 aliphatic heterocycles. The predicted octanol–water partition coefficient (Wildman–Crippen LogP) is 2.35. The maximum atomic E-state index is 5.77. The van der Waals surface area contributed by atoms with Gasteiger partial charge in [0.25, 0.3) is 0 Å². The molecule has 1 aliphatic rings. The summed E-state index contributed by atoms with van der Waals surface area (Å²) >= 11 is 0. The van der Waals surface area contributed by atoms with Gasteiger partial charge in [-0.25, -0.2) is 0 Å². The Balaban J connectivity index is 1.99. The number of hydrogen-bond donors (Lipinski definition) is 1. The summed E-state index contributed by atoms with van der Waals surface area (Å²) < 4.78 is 11.3. The zero-order valence-electron chi connectivity index (χ0n) is 11.0. The molecule has 0 amide bonds. The van der Waals surface area contributed by atoms with Crippen LogP contribution < -0.4 is 5.32 Å². The lowest BCUT2D eigenvalue weighted by Gasteiger charge is -2.19. The molecule has 3 heteroatoms. The minimum Gasteiger partial charge on any atom is -0.376 e. The van der Waals surface area contributed by atoms with Crippen molar-refractivity contribution in [3.63, 3.8) is 0 Å². The second-order valence-electron chi connectivity index (χ2n) is 4.88. The SMILES string of the molecule is CCCC(C)NCC(C)OCC1CCCO1. The fraction of sp³-hybridized carbons (Fsp3) is 1.00. The first-order valence-electron chi connectivity index (χ1n) is 6.69. The molecule has 0 bridgehead atoms. The lowest BCUT2D eigenvalue weighted by molar-refractivity contribution is -0.0139. The van der Waals surface area contributed by atoms with Gasteiger partial charge < -0.3 is 14.8 Å². The monoisotopic (exact) mass is 229 g/mol. The second kappa shape index (κ2) is 8.04. The van der Waals surface area contributed by atoms with Crippen LogP contribution in [-0.2, 0) is 9.47 Å². The Hall–Kier alpha value is -0.120. The molecule has 0 radical (unpaired) electrons. The van der Waals surface area contributed by atoms with Crippen molar-refractivity contribution in [2.75, 3.05) is 19.8 Å². The maximum absolute atomic E-state index is 5.77. The molecule has 16 heavy (non-hydrogen) atoms. The largest absolute Gasteiger partial charge is 0.376 e. The summed E-state index contributed by atoms with van der Waals surface area (Å²) in [5.41, 5.74) is 0. The zero-order valence-corrected chi connectivity index (χ0v) is 11.0. The van der Waals surface area contributed by atoms with Crippen LogP contribution in [0, 0.1) is 0 Å². The van der Waals surface area contributed by atoms with Crippen LogP contribution in [0.2, 0.25) is 0 Å². The molecule has 3 atom stereocenters. The molecule has 96 valence electrons. The third-order valence-corrected chi connectivity index (χ3v) is 3.07. The van der Waals surface area contributed by atoms with Crippen LogP contribution in [0.25, 0.3) is 0 Å². The highest BCUT2D eigenvalue weighted by atomic mass is 16.5. The second-order valence-corrected chi connectivity index (χ2v) is 4.88. The van der Waals surface area contributed by atoms with Crippen LogP contribution >= 0.6 is 0 Å². The Morgan fingerprint density at radius 1 is 1.44 bits per heavy atom. The standard InChI is InChI=1S/C13H27NO2/c1-4-6-11(2)14-9-12(3)16-10-13-7-5-8-15-13/h11-14H,4-10H2,1-3H3. The van der Waals surface area contributed by atoms with Gasteiger partial charge in [0, 0.05) is 19.2 Å². The van der Waals surface area contributed by atoms with Crippen LogP contribution in [0.5, 0.6) is 0 Å². The van der Waals surface area contributed by atoms with Gasteiger partial charge in [-0.05, 0) is 33.1 Å². The summed E-state index contributed by atoms with van der Waals surface area (Å²) in [5.74, 6) is 0. The quantitative estimate of drug-likeness (QED) is 0.693. The fourth-order valence-electron chi connectivity index (χ4n) is 2.01. The number of nitrogens with one attached hydrogen (secondary N) is 1. The zero-order chi connectivity index (χ0) is 11.8.